The average Bonchev–Trinajstić information content (AvgIpc) is 2.73. The Labute approximate surface area is 204 Å². The monoisotopic (exact) mass is 531 g/mol. The first kappa shape index (κ1) is 24.1. The molecule has 2 atom stereocenters. The standard InChI is InChI=1S/C26H24BrF2NO4/c1-13-4-6-14(7-5-13)16-10-26(2,3)23(21-17(16)11-34-12-18(21)27)24(31)30-15-8-19(28)22(25(32)33)20(29)9-15/h4-9,12,16,23H,10-11H2,1-3H3,(H,30,31)(H,32,33). The number of carbonyl (C=O) groups excluding carboxylic acids is 1. The summed E-state index contributed by atoms with van der Waals surface area (Å²) in [6.07, 6.45) is 2.23. The molecule has 5 nitrogen and oxygen atoms in total. The van der Waals surface area contributed by atoms with Gasteiger partial charge in [-0.3, -0.25) is 4.79 Å². The zero-order valence-corrected chi connectivity index (χ0v) is 20.5. The van der Waals surface area contributed by atoms with Crippen LogP contribution in [0.5, 0.6) is 0 Å². The maximum Gasteiger partial charge on any atom is 0.341 e. The second kappa shape index (κ2) is 8.98. The largest absolute Gasteiger partial charge is 0.496 e. The number of anilines is 1. The van der Waals surface area contributed by atoms with Gasteiger partial charge in [0.15, 0.2) is 0 Å². The van der Waals surface area contributed by atoms with E-state index < -0.39 is 40.4 Å². The number of nitrogens with one attached hydrogen (secondary N) is 1. The molecule has 8 heteroatoms. The summed E-state index contributed by atoms with van der Waals surface area (Å²) in [4.78, 5) is 24.6. The van der Waals surface area contributed by atoms with E-state index in [2.05, 4.69) is 45.5 Å². The minimum atomic E-state index is -1.71. The molecule has 2 unspecified atom stereocenters. The summed E-state index contributed by atoms with van der Waals surface area (Å²) in [5, 5.41) is 11.6. The average molecular weight is 532 g/mol. The van der Waals surface area contributed by atoms with Crippen LogP contribution in [-0.4, -0.2) is 23.6 Å². The number of carboxylic acids is 1. The fourth-order valence-corrected chi connectivity index (χ4v) is 5.55. The molecule has 34 heavy (non-hydrogen) atoms. The Morgan fingerprint density at radius 2 is 1.76 bits per heavy atom. The van der Waals surface area contributed by atoms with Gasteiger partial charge in [0.1, 0.15) is 23.8 Å². The third-order valence-corrected chi connectivity index (χ3v) is 7.13. The van der Waals surface area contributed by atoms with Gasteiger partial charge in [0.05, 0.1) is 16.7 Å². The van der Waals surface area contributed by atoms with Crippen LogP contribution in [0.3, 0.4) is 0 Å². The van der Waals surface area contributed by atoms with Crippen molar-refractivity contribution in [2.75, 3.05) is 11.9 Å². The summed E-state index contributed by atoms with van der Waals surface area (Å²) in [5.41, 5.74) is 2.35. The molecule has 2 aliphatic rings. The van der Waals surface area contributed by atoms with E-state index in [4.69, 9.17) is 9.84 Å². The number of hydrogen-bond acceptors (Lipinski definition) is 3. The molecule has 1 aliphatic heterocycles. The third kappa shape index (κ3) is 4.39. The van der Waals surface area contributed by atoms with Gasteiger partial charge in [0, 0.05) is 11.6 Å². The van der Waals surface area contributed by atoms with Gasteiger partial charge in [0.25, 0.3) is 0 Å². The van der Waals surface area contributed by atoms with Crippen LogP contribution in [-0.2, 0) is 9.53 Å². The minimum Gasteiger partial charge on any atom is -0.496 e. The predicted molar refractivity (Wildman–Crippen MR) is 128 cm³/mol. The van der Waals surface area contributed by atoms with E-state index in [1.54, 1.807) is 6.26 Å². The van der Waals surface area contributed by atoms with Crippen molar-refractivity contribution < 1.29 is 28.2 Å². The first-order valence-corrected chi connectivity index (χ1v) is 11.6. The molecule has 2 aromatic rings. The van der Waals surface area contributed by atoms with E-state index in [-0.39, 0.29) is 11.6 Å². The van der Waals surface area contributed by atoms with Gasteiger partial charge in [-0.2, -0.15) is 0 Å². The van der Waals surface area contributed by atoms with Crippen molar-refractivity contribution in [2.24, 2.45) is 11.3 Å². The molecule has 4 rings (SSSR count). The van der Waals surface area contributed by atoms with Gasteiger partial charge in [-0.1, -0.05) is 43.7 Å². The highest BCUT2D eigenvalue weighted by atomic mass is 79.9. The summed E-state index contributed by atoms with van der Waals surface area (Å²) < 4.78 is 34.7. The lowest BCUT2D eigenvalue weighted by Crippen LogP contribution is -2.43. The maximum absolute atomic E-state index is 14.2. The lowest BCUT2D eigenvalue weighted by Gasteiger charge is -2.45. The van der Waals surface area contributed by atoms with Crippen molar-refractivity contribution in [3.8, 4) is 0 Å². The summed E-state index contributed by atoms with van der Waals surface area (Å²) in [7, 11) is 0. The molecule has 0 spiro atoms. The molecule has 2 aromatic carbocycles. The fraction of sp³-hybridized carbons (Fsp3) is 0.308. The highest BCUT2D eigenvalue weighted by molar-refractivity contribution is 9.12. The zero-order valence-electron chi connectivity index (χ0n) is 18.9. The number of halogens is 3. The summed E-state index contributed by atoms with van der Waals surface area (Å²) in [5.74, 6) is -5.25. The minimum absolute atomic E-state index is 0.0423. The van der Waals surface area contributed by atoms with Crippen LogP contribution < -0.4 is 5.32 Å². The summed E-state index contributed by atoms with van der Waals surface area (Å²) >= 11 is 3.55. The molecule has 0 saturated carbocycles. The highest BCUT2D eigenvalue weighted by Gasteiger charge is 2.47. The molecule has 1 heterocycles. The molecule has 1 amide bonds. The molecular formula is C26H24BrF2NO4. The van der Waals surface area contributed by atoms with Gasteiger partial charge in [-0.25, -0.2) is 13.6 Å². The van der Waals surface area contributed by atoms with Crippen molar-refractivity contribution in [1.29, 1.82) is 0 Å². The Bertz CT molecular complexity index is 1210. The number of aromatic carboxylic acids is 1. The van der Waals surface area contributed by atoms with Crippen molar-refractivity contribution in [2.45, 2.75) is 33.1 Å². The van der Waals surface area contributed by atoms with E-state index in [9.17, 15) is 18.4 Å². The topological polar surface area (TPSA) is 75.6 Å². The maximum atomic E-state index is 14.2. The van der Waals surface area contributed by atoms with Crippen molar-refractivity contribution >= 4 is 33.5 Å². The molecule has 0 aromatic heterocycles. The van der Waals surface area contributed by atoms with Crippen LogP contribution >= 0.6 is 15.9 Å². The summed E-state index contributed by atoms with van der Waals surface area (Å²) in [6.45, 7) is 6.34. The number of benzene rings is 2. The molecule has 0 saturated heterocycles. The first-order chi connectivity index (χ1) is 16.0. The molecule has 2 N–H and O–H groups in total. The van der Waals surface area contributed by atoms with Crippen LogP contribution in [0.2, 0.25) is 0 Å². The van der Waals surface area contributed by atoms with Crippen LogP contribution in [0.25, 0.3) is 0 Å². The number of carbonyl (C=O) groups is 2. The molecule has 178 valence electrons. The predicted octanol–water partition coefficient (Wildman–Crippen LogP) is 6.30. The summed E-state index contributed by atoms with van der Waals surface area (Å²) in [6, 6.07) is 9.92. The number of rotatable bonds is 4. The number of ether oxygens (including phenoxy) is 1. The Kier molecular flexibility index (Phi) is 6.38. The Morgan fingerprint density at radius 3 is 2.35 bits per heavy atom. The van der Waals surface area contributed by atoms with Crippen molar-refractivity contribution in [3.05, 3.63) is 86.6 Å². The SMILES string of the molecule is Cc1ccc(C2CC(C)(C)C(C(=O)Nc3cc(F)c(C(=O)O)c(F)c3)C3=C2COC=C3Br)cc1. The smallest absolute Gasteiger partial charge is 0.341 e. The molecule has 0 bridgehead atoms. The normalized spacial score (nSPS) is 21.3. The van der Waals surface area contributed by atoms with Gasteiger partial charge in [-0.15, -0.1) is 0 Å². The van der Waals surface area contributed by atoms with Gasteiger partial charge >= 0.3 is 5.97 Å². The number of amides is 1. The fourth-order valence-electron chi connectivity index (χ4n) is 4.94. The zero-order chi connectivity index (χ0) is 24.8. The van der Waals surface area contributed by atoms with E-state index in [0.29, 0.717) is 17.5 Å². The number of hydrogen-bond donors (Lipinski definition) is 2. The van der Waals surface area contributed by atoms with E-state index in [1.807, 2.05) is 20.8 Å². The van der Waals surface area contributed by atoms with Gasteiger partial charge in [-0.05, 0) is 63.5 Å². The van der Waals surface area contributed by atoms with Gasteiger partial charge < -0.3 is 15.2 Å². The van der Waals surface area contributed by atoms with Crippen LogP contribution in [0.1, 0.15) is 47.7 Å². The van der Waals surface area contributed by atoms with E-state index in [0.717, 1.165) is 34.4 Å². The van der Waals surface area contributed by atoms with Crippen LogP contribution in [0, 0.1) is 29.9 Å². The first-order valence-electron chi connectivity index (χ1n) is 10.8. The number of aryl methyl sites for hydroxylation is 1. The third-order valence-electron chi connectivity index (χ3n) is 6.52. The van der Waals surface area contributed by atoms with E-state index in [1.165, 1.54) is 0 Å². The molecule has 1 aliphatic carbocycles. The second-order valence-electron chi connectivity index (χ2n) is 9.41. The lowest BCUT2D eigenvalue weighted by molar-refractivity contribution is -0.122. The molecule has 0 radical (unpaired) electrons. The highest BCUT2D eigenvalue weighted by Crippen LogP contribution is 2.54. The van der Waals surface area contributed by atoms with Crippen molar-refractivity contribution in [3.63, 3.8) is 0 Å². The Hall–Kier alpha value is -3.00. The number of allylic oxidation sites excluding steroid dienone is 1. The molecule has 0 fully saturated rings. The quantitative estimate of drug-likeness (QED) is 0.485. The second-order valence-corrected chi connectivity index (χ2v) is 10.3. The lowest BCUT2D eigenvalue weighted by atomic mass is 9.60. The molecular weight excluding hydrogens is 508 g/mol. The van der Waals surface area contributed by atoms with Crippen LogP contribution in [0.4, 0.5) is 14.5 Å². The number of carboxylic acid groups (broad SMARTS) is 1. The Balaban J connectivity index is 1.74. The van der Waals surface area contributed by atoms with Crippen LogP contribution in [0.15, 0.2) is 58.3 Å². The Morgan fingerprint density at radius 1 is 1.15 bits per heavy atom. The van der Waals surface area contributed by atoms with E-state index >= 15 is 0 Å². The van der Waals surface area contributed by atoms with Gasteiger partial charge in [0.2, 0.25) is 5.91 Å². The van der Waals surface area contributed by atoms with Crippen molar-refractivity contribution in [1.82, 2.24) is 0 Å².